The average molecular weight is 244 g/mol. The molecule has 0 radical (unpaired) electrons. The van der Waals surface area contributed by atoms with Gasteiger partial charge in [0.15, 0.2) is 0 Å². The van der Waals surface area contributed by atoms with E-state index in [2.05, 4.69) is 35.0 Å². The summed E-state index contributed by atoms with van der Waals surface area (Å²) in [6.07, 6.45) is 4.20. The van der Waals surface area contributed by atoms with E-state index in [1.807, 2.05) is 12.1 Å². The van der Waals surface area contributed by atoms with Crippen molar-refractivity contribution in [2.75, 3.05) is 13.7 Å². The zero-order valence-corrected chi connectivity index (χ0v) is 10.8. The van der Waals surface area contributed by atoms with Crippen molar-refractivity contribution in [2.45, 2.75) is 19.4 Å². The van der Waals surface area contributed by atoms with E-state index in [9.17, 15) is 0 Å². The Morgan fingerprint density at radius 3 is 2.61 bits per heavy atom. The van der Waals surface area contributed by atoms with Crippen LogP contribution in [0.4, 0.5) is 0 Å². The molecular formula is C15H20N2O. The van der Waals surface area contributed by atoms with Crippen LogP contribution in [-0.4, -0.2) is 18.2 Å². The molecule has 1 heterocycles. The number of methoxy groups -OCH3 is 1. The second-order valence-electron chi connectivity index (χ2n) is 4.37. The molecule has 2 aromatic rings. The number of hydrogen-bond acceptors (Lipinski definition) is 2. The molecule has 0 aliphatic rings. The number of aromatic nitrogens is 1. The van der Waals surface area contributed by atoms with Gasteiger partial charge >= 0.3 is 0 Å². The van der Waals surface area contributed by atoms with E-state index in [0.29, 0.717) is 0 Å². The summed E-state index contributed by atoms with van der Waals surface area (Å²) in [6, 6.07) is 12.5. The van der Waals surface area contributed by atoms with E-state index in [1.54, 1.807) is 7.11 Å². The molecule has 2 rings (SSSR count). The van der Waals surface area contributed by atoms with Crippen LogP contribution >= 0.6 is 0 Å². The molecule has 1 aromatic carbocycles. The lowest BCUT2D eigenvalue weighted by atomic mass is 10.2. The highest BCUT2D eigenvalue weighted by Gasteiger charge is 2.02. The SMILES string of the molecule is COc1ccc(Cn2cccc2CCCN)cc1. The summed E-state index contributed by atoms with van der Waals surface area (Å²) in [5.74, 6) is 0.898. The topological polar surface area (TPSA) is 40.2 Å². The van der Waals surface area contributed by atoms with E-state index in [0.717, 1.165) is 31.7 Å². The van der Waals surface area contributed by atoms with Crippen LogP contribution in [0.25, 0.3) is 0 Å². The first kappa shape index (κ1) is 12.7. The number of rotatable bonds is 6. The zero-order valence-electron chi connectivity index (χ0n) is 10.8. The maximum atomic E-state index is 5.56. The molecule has 3 heteroatoms. The highest BCUT2D eigenvalue weighted by molar-refractivity contribution is 5.27. The molecule has 0 unspecified atom stereocenters. The van der Waals surface area contributed by atoms with Gasteiger partial charge in [0.1, 0.15) is 5.75 Å². The van der Waals surface area contributed by atoms with Gasteiger partial charge in [0.2, 0.25) is 0 Å². The van der Waals surface area contributed by atoms with Crippen LogP contribution in [0.5, 0.6) is 5.75 Å². The predicted molar refractivity (Wildman–Crippen MR) is 73.9 cm³/mol. The van der Waals surface area contributed by atoms with Crippen molar-refractivity contribution in [3.8, 4) is 5.75 Å². The quantitative estimate of drug-likeness (QED) is 0.847. The van der Waals surface area contributed by atoms with E-state index >= 15 is 0 Å². The van der Waals surface area contributed by atoms with Crippen molar-refractivity contribution in [2.24, 2.45) is 5.73 Å². The minimum absolute atomic E-state index is 0.744. The fourth-order valence-electron chi connectivity index (χ4n) is 2.04. The van der Waals surface area contributed by atoms with Crippen LogP contribution in [0.1, 0.15) is 17.7 Å². The van der Waals surface area contributed by atoms with E-state index in [4.69, 9.17) is 10.5 Å². The van der Waals surface area contributed by atoms with E-state index in [1.165, 1.54) is 11.3 Å². The summed E-state index contributed by atoms with van der Waals surface area (Å²) in [6.45, 7) is 1.64. The third-order valence-electron chi connectivity index (χ3n) is 3.07. The normalized spacial score (nSPS) is 10.6. The van der Waals surface area contributed by atoms with Gasteiger partial charge in [0, 0.05) is 18.4 Å². The standard InChI is InChI=1S/C15H20N2O/c1-18-15-8-6-13(7-9-15)12-17-11-3-5-14(17)4-2-10-16/h3,5-9,11H,2,4,10,12,16H2,1H3. The number of aryl methyl sites for hydroxylation is 1. The molecular weight excluding hydrogens is 224 g/mol. The average Bonchev–Trinajstić information content (AvgIpc) is 2.84. The Morgan fingerprint density at radius 2 is 1.94 bits per heavy atom. The highest BCUT2D eigenvalue weighted by Crippen LogP contribution is 2.14. The lowest BCUT2D eigenvalue weighted by Crippen LogP contribution is -2.06. The number of nitrogens with two attached hydrogens (primary N) is 1. The Morgan fingerprint density at radius 1 is 1.17 bits per heavy atom. The number of nitrogens with zero attached hydrogens (tertiary/aromatic N) is 1. The molecule has 3 nitrogen and oxygen atoms in total. The molecule has 0 bridgehead atoms. The molecule has 2 N–H and O–H groups in total. The Balaban J connectivity index is 2.05. The molecule has 0 aliphatic heterocycles. The summed E-state index contributed by atoms with van der Waals surface area (Å²) in [5.41, 5.74) is 8.18. The molecule has 0 saturated heterocycles. The molecule has 0 atom stereocenters. The van der Waals surface area contributed by atoms with Crippen LogP contribution < -0.4 is 10.5 Å². The summed E-state index contributed by atoms with van der Waals surface area (Å²) >= 11 is 0. The van der Waals surface area contributed by atoms with Crippen LogP contribution in [0.3, 0.4) is 0 Å². The molecule has 0 aliphatic carbocycles. The van der Waals surface area contributed by atoms with Crippen molar-refractivity contribution in [1.82, 2.24) is 4.57 Å². The van der Waals surface area contributed by atoms with Crippen LogP contribution in [0, 0.1) is 0 Å². The smallest absolute Gasteiger partial charge is 0.118 e. The first-order valence-corrected chi connectivity index (χ1v) is 6.30. The summed E-state index contributed by atoms with van der Waals surface area (Å²) in [4.78, 5) is 0. The van der Waals surface area contributed by atoms with Gasteiger partial charge in [-0.15, -0.1) is 0 Å². The minimum atomic E-state index is 0.744. The Bertz CT molecular complexity index is 473. The summed E-state index contributed by atoms with van der Waals surface area (Å²) in [7, 11) is 1.69. The van der Waals surface area contributed by atoms with E-state index in [-0.39, 0.29) is 0 Å². The van der Waals surface area contributed by atoms with Crippen molar-refractivity contribution in [3.05, 3.63) is 53.9 Å². The maximum Gasteiger partial charge on any atom is 0.118 e. The lowest BCUT2D eigenvalue weighted by molar-refractivity contribution is 0.414. The summed E-state index contributed by atoms with van der Waals surface area (Å²) < 4.78 is 7.44. The Hall–Kier alpha value is -1.74. The molecule has 0 fully saturated rings. The third kappa shape index (κ3) is 3.14. The molecule has 0 saturated carbocycles. The highest BCUT2D eigenvalue weighted by atomic mass is 16.5. The van der Waals surface area contributed by atoms with Crippen LogP contribution in [-0.2, 0) is 13.0 Å². The first-order valence-electron chi connectivity index (χ1n) is 6.30. The maximum absolute atomic E-state index is 5.56. The number of ether oxygens (including phenoxy) is 1. The van der Waals surface area contributed by atoms with Gasteiger partial charge in [-0.2, -0.15) is 0 Å². The monoisotopic (exact) mass is 244 g/mol. The van der Waals surface area contributed by atoms with Gasteiger partial charge in [0.25, 0.3) is 0 Å². The van der Waals surface area contributed by atoms with Gasteiger partial charge in [-0.3, -0.25) is 0 Å². The fourth-order valence-corrected chi connectivity index (χ4v) is 2.04. The van der Waals surface area contributed by atoms with Crippen LogP contribution in [0.15, 0.2) is 42.6 Å². The van der Waals surface area contributed by atoms with Crippen molar-refractivity contribution >= 4 is 0 Å². The molecule has 18 heavy (non-hydrogen) atoms. The first-order chi connectivity index (χ1) is 8.83. The van der Waals surface area contributed by atoms with Gasteiger partial charge in [-0.1, -0.05) is 12.1 Å². The number of hydrogen-bond donors (Lipinski definition) is 1. The second-order valence-corrected chi connectivity index (χ2v) is 4.37. The zero-order chi connectivity index (χ0) is 12.8. The Labute approximate surface area is 108 Å². The van der Waals surface area contributed by atoms with Gasteiger partial charge in [0.05, 0.1) is 7.11 Å². The van der Waals surface area contributed by atoms with Gasteiger partial charge in [-0.05, 0) is 49.2 Å². The van der Waals surface area contributed by atoms with E-state index < -0.39 is 0 Å². The fraction of sp³-hybridized carbons (Fsp3) is 0.333. The van der Waals surface area contributed by atoms with Gasteiger partial charge in [-0.25, -0.2) is 0 Å². The van der Waals surface area contributed by atoms with Crippen molar-refractivity contribution < 1.29 is 4.74 Å². The van der Waals surface area contributed by atoms with Crippen molar-refractivity contribution in [1.29, 1.82) is 0 Å². The van der Waals surface area contributed by atoms with Crippen LogP contribution in [0.2, 0.25) is 0 Å². The van der Waals surface area contributed by atoms with Gasteiger partial charge < -0.3 is 15.0 Å². The number of benzene rings is 1. The third-order valence-corrected chi connectivity index (χ3v) is 3.07. The molecule has 96 valence electrons. The lowest BCUT2D eigenvalue weighted by Gasteiger charge is -2.09. The summed E-state index contributed by atoms with van der Waals surface area (Å²) in [5, 5.41) is 0. The molecule has 0 spiro atoms. The molecule has 0 amide bonds. The largest absolute Gasteiger partial charge is 0.497 e. The molecule has 1 aromatic heterocycles. The second kappa shape index (κ2) is 6.26. The predicted octanol–water partition coefficient (Wildman–Crippen LogP) is 2.44. The minimum Gasteiger partial charge on any atom is -0.497 e. The van der Waals surface area contributed by atoms with Crippen molar-refractivity contribution in [3.63, 3.8) is 0 Å². The Kier molecular flexibility index (Phi) is 4.42.